The minimum absolute atomic E-state index is 0.00597. The van der Waals surface area contributed by atoms with Gasteiger partial charge in [-0.1, -0.05) is 6.92 Å². The second-order valence-electron chi connectivity index (χ2n) is 4.82. The van der Waals surface area contributed by atoms with Crippen molar-refractivity contribution in [2.24, 2.45) is 5.92 Å². The number of nitrogens with zero attached hydrogens (tertiary/aromatic N) is 1. The van der Waals surface area contributed by atoms with Gasteiger partial charge in [-0.15, -0.1) is 0 Å². The van der Waals surface area contributed by atoms with Crippen molar-refractivity contribution in [1.82, 2.24) is 0 Å². The van der Waals surface area contributed by atoms with E-state index in [2.05, 4.69) is 0 Å². The first-order valence-electron chi connectivity index (χ1n) is 5.99. The van der Waals surface area contributed by atoms with E-state index in [1.807, 2.05) is 6.92 Å². The molecular formula is C11H19NO5. The molecule has 0 heterocycles. The molecule has 2 N–H and O–H groups in total. The fourth-order valence-corrected chi connectivity index (χ4v) is 2.64. The molecule has 0 saturated heterocycles. The first kappa shape index (κ1) is 13.9. The Hall–Kier alpha value is -1.17. The minimum atomic E-state index is -1.46. The van der Waals surface area contributed by atoms with E-state index in [1.54, 1.807) is 0 Å². The molecule has 0 aromatic heterocycles. The first-order chi connectivity index (χ1) is 7.90. The summed E-state index contributed by atoms with van der Waals surface area (Å²) < 4.78 is 0. The van der Waals surface area contributed by atoms with Gasteiger partial charge in [0, 0.05) is 11.3 Å². The lowest BCUT2D eigenvalue weighted by molar-refractivity contribution is -0.548. The SMILES string of the molecule is CCC[C@H]([N+](=O)[O-])[C@@]1(O)CCC[C@@H](C(=O)O)C1. The van der Waals surface area contributed by atoms with Crippen molar-refractivity contribution in [2.45, 2.75) is 57.1 Å². The van der Waals surface area contributed by atoms with Crippen LogP contribution in [0.1, 0.15) is 45.4 Å². The van der Waals surface area contributed by atoms with E-state index >= 15 is 0 Å². The first-order valence-corrected chi connectivity index (χ1v) is 5.99. The van der Waals surface area contributed by atoms with Gasteiger partial charge in [-0.05, 0) is 32.1 Å². The highest BCUT2D eigenvalue weighted by Crippen LogP contribution is 2.37. The Bertz CT molecular complexity index is 306. The Kier molecular flexibility index (Phi) is 4.45. The Balaban J connectivity index is 2.83. The lowest BCUT2D eigenvalue weighted by atomic mass is 9.73. The molecule has 0 aromatic rings. The van der Waals surface area contributed by atoms with Gasteiger partial charge in [-0.25, -0.2) is 0 Å². The van der Waals surface area contributed by atoms with E-state index in [-0.39, 0.29) is 12.8 Å². The predicted molar refractivity (Wildman–Crippen MR) is 60.2 cm³/mol. The maximum atomic E-state index is 11.0. The molecule has 0 aliphatic heterocycles. The van der Waals surface area contributed by atoms with Crippen LogP contribution in [0.2, 0.25) is 0 Å². The molecule has 17 heavy (non-hydrogen) atoms. The minimum Gasteiger partial charge on any atom is -0.481 e. The fourth-order valence-electron chi connectivity index (χ4n) is 2.64. The summed E-state index contributed by atoms with van der Waals surface area (Å²) in [5.74, 6) is -1.63. The lowest BCUT2D eigenvalue weighted by Gasteiger charge is -2.36. The highest BCUT2D eigenvalue weighted by atomic mass is 16.6. The van der Waals surface area contributed by atoms with Crippen LogP contribution in [0, 0.1) is 16.0 Å². The molecule has 1 saturated carbocycles. The molecule has 0 aromatic carbocycles. The number of rotatable bonds is 5. The summed E-state index contributed by atoms with van der Waals surface area (Å²) in [6, 6.07) is -1.05. The molecule has 3 atom stereocenters. The molecule has 0 spiro atoms. The number of carboxylic acid groups (broad SMARTS) is 1. The zero-order valence-corrected chi connectivity index (χ0v) is 9.96. The third-order valence-corrected chi connectivity index (χ3v) is 3.55. The fraction of sp³-hybridized carbons (Fsp3) is 0.909. The summed E-state index contributed by atoms with van der Waals surface area (Å²) in [7, 11) is 0. The molecule has 1 fully saturated rings. The van der Waals surface area contributed by atoms with Crippen LogP contribution < -0.4 is 0 Å². The highest BCUT2D eigenvalue weighted by Gasteiger charge is 2.48. The van der Waals surface area contributed by atoms with E-state index in [0.717, 1.165) is 0 Å². The third kappa shape index (κ3) is 3.15. The molecule has 0 unspecified atom stereocenters. The summed E-state index contributed by atoms with van der Waals surface area (Å²) in [6.07, 6.45) is 2.23. The van der Waals surface area contributed by atoms with E-state index in [1.165, 1.54) is 0 Å². The van der Waals surface area contributed by atoms with Crippen molar-refractivity contribution in [2.75, 3.05) is 0 Å². The van der Waals surface area contributed by atoms with Crippen LogP contribution in [0.5, 0.6) is 0 Å². The normalized spacial score (nSPS) is 30.8. The Morgan fingerprint density at radius 2 is 2.29 bits per heavy atom. The van der Waals surface area contributed by atoms with Crippen molar-refractivity contribution >= 4 is 5.97 Å². The number of hydrogen-bond acceptors (Lipinski definition) is 4. The molecule has 0 bridgehead atoms. The van der Waals surface area contributed by atoms with Gasteiger partial charge < -0.3 is 10.2 Å². The molecule has 1 aliphatic carbocycles. The van der Waals surface area contributed by atoms with Crippen LogP contribution in [0.3, 0.4) is 0 Å². The van der Waals surface area contributed by atoms with Gasteiger partial charge >= 0.3 is 5.97 Å². The topological polar surface area (TPSA) is 101 Å². The monoisotopic (exact) mass is 245 g/mol. The maximum absolute atomic E-state index is 11.0. The number of aliphatic hydroxyl groups is 1. The molecule has 0 radical (unpaired) electrons. The van der Waals surface area contributed by atoms with Crippen LogP contribution >= 0.6 is 0 Å². The third-order valence-electron chi connectivity index (χ3n) is 3.55. The summed E-state index contributed by atoms with van der Waals surface area (Å²) in [6.45, 7) is 1.82. The number of aliphatic carboxylic acids is 1. The lowest BCUT2D eigenvalue weighted by Crippen LogP contribution is -2.50. The van der Waals surface area contributed by atoms with Crippen molar-refractivity contribution in [3.8, 4) is 0 Å². The van der Waals surface area contributed by atoms with Crippen LogP contribution in [0.25, 0.3) is 0 Å². The average molecular weight is 245 g/mol. The van der Waals surface area contributed by atoms with Gasteiger partial charge in [-0.3, -0.25) is 14.9 Å². The predicted octanol–water partition coefficient (Wildman–Crippen LogP) is 1.44. The Morgan fingerprint density at radius 3 is 2.76 bits per heavy atom. The zero-order valence-electron chi connectivity index (χ0n) is 9.96. The number of nitro groups is 1. The van der Waals surface area contributed by atoms with Crippen LogP contribution in [0.4, 0.5) is 0 Å². The van der Waals surface area contributed by atoms with Gasteiger partial charge in [0.05, 0.1) is 5.92 Å². The molecule has 6 nitrogen and oxygen atoms in total. The number of carboxylic acids is 1. The molecule has 0 amide bonds. The van der Waals surface area contributed by atoms with E-state index in [9.17, 15) is 20.0 Å². The van der Waals surface area contributed by atoms with E-state index < -0.39 is 28.5 Å². The standard InChI is InChI=1S/C11H19NO5/c1-2-4-9(12(16)17)11(15)6-3-5-8(7-11)10(13)14/h8-9,15H,2-7H2,1H3,(H,13,14)/t8-,9+,11-/m1/s1. The van der Waals surface area contributed by atoms with Gasteiger partial charge in [0.15, 0.2) is 0 Å². The molecule has 1 aliphatic rings. The smallest absolute Gasteiger partial charge is 0.306 e. The second-order valence-corrected chi connectivity index (χ2v) is 4.82. The second kappa shape index (κ2) is 5.44. The average Bonchev–Trinajstić information content (AvgIpc) is 2.25. The van der Waals surface area contributed by atoms with Crippen molar-refractivity contribution < 1.29 is 19.9 Å². The van der Waals surface area contributed by atoms with Crippen molar-refractivity contribution in [1.29, 1.82) is 0 Å². The van der Waals surface area contributed by atoms with Gasteiger partial charge in [0.1, 0.15) is 5.60 Å². The summed E-state index contributed by atoms with van der Waals surface area (Å²) in [5.41, 5.74) is -1.46. The molecule has 98 valence electrons. The highest BCUT2D eigenvalue weighted by molar-refractivity contribution is 5.70. The molecule has 1 rings (SSSR count). The zero-order chi connectivity index (χ0) is 13.1. The maximum Gasteiger partial charge on any atom is 0.306 e. The van der Waals surface area contributed by atoms with Gasteiger partial charge in [-0.2, -0.15) is 0 Å². The van der Waals surface area contributed by atoms with Gasteiger partial charge in [0.25, 0.3) is 0 Å². The molecule has 6 heteroatoms. The number of hydrogen-bond donors (Lipinski definition) is 2. The van der Waals surface area contributed by atoms with Crippen LogP contribution in [-0.2, 0) is 4.79 Å². The van der Waals surface area contributed by atoms with Crippen molar-refractivity contribution in [3.05, 3.63) is 10.1 Å². The summed E-state index contributed by atoms with van der Waals surface area (Å²) in [5, 5.41) is 30.3. The largest absolute Gasteiger partial charge is 0.481 e. The Labute approximate surface area is 99.8 Å². The van der Waals surface area contributed by atoms with E-state index in [4.69, 9.17) is 5.11 Å². The van der Waals surface area contributed by atoms with Crippen LogP contribution in [-0.4, -0.2) is 32.7 Å². The van der Waals surface area contributed by atoms with Crippen molar-refractivity contribution in [3.63, 3.8) is 0 Å². The van der Waals surface area contributed by atoms with Crippen LogP contribution in [0.15, 0.2) is 0 Å². The van der Waals surface area contributed by atoms with Gasteiger partial charge in [0.2, 0.25) is 6.04 Å². The summed E-state index contributed by atoms with van der Waals surface area (Å²) in [4.78, 5) is 21.4. The Morgan fingerprint density at radius 1 is 1.65 bits per heavy atom. The quantitative estimate of drug-likeness (QED) is 0.563. The molecular weight excluding hydrogens is 226 g/mol. The summed E-state index contributed by atoms with van der Waals surface area (Å²) >= 11 is 0. The van der Waals surface area contributed by atoms with E-state index in [0.29, 0.717) is 25.7 Å². The number of carbonyl (C=O) groups is 1.